The summed E-state index contributed by atoms with van der Waals surface area (Å²) in [5, 5.41) is 11.1. The van der Waals surface area contributed by atoms with Crippen molar-refractivity contribution in [3.63, 3.8) is 0 Å². The monoisotopic (exact) mass is 690 g/mol. The van der Waals surface area contributed by atoms with E-state index in [9.17, 15) is 14.4 Å². The topological polar surface area (TPSA) is 129 Å². The van der Waals surface area contributed by atoms with E-state index in [0.29, 0.717) is 38.2 Å². The normalized spacial score (nSPS) is 35.9. The maximum absolute atomic E-state index is 16.3. The zero-order valence-electron chi connectivity index (χ0n) is 30.1. The highest BCUT2D eigenvalue weighted by molar-refractivity contribution is 7.13. The second kappa shape index (κ2) is 14.9. The molecule has 2 aromatic rings. The zero-order chi connectivity index (χ0) is 35.6. The molecule has 15 heteroatoms. The number of amides is 1. The molecule has 0 saturated carbocycles. The van der Waals surface area contributed by atoms with Crippen molar-refractivity contribution in [3.05, 3.63) is 17.8 Å². The number of thiazole rings is 1. The van der Waals surface area contributed by atoms with Crippen molar-refractivity contribution in [2.45, 2.75) is 122 Å². The predicted molar refractivity (Wildman–Crippen MR) is 183 cm³/mol. The van der Waals surface area contributed by atoms with E-state index in [4.69, 9.17) is 14.2 Å². The van der Waals surface area contributed by atoms with E-state index in [2.05, 4.69) is 27.1 Å². The maximum atomic E-state index is 16.3. The highest BCUT2D eigenvalue weighted by Gasteiger charge is 2.60. The number of halogens is 1. The molecule has 0 spiro atoms. The lowest BCUT2D eigenvalue weighted by Gasteiger charge is -2.44. The zero-order valence-corrected chi connectivity index (χ0v) is 30.9. The average molecular weight is 691 g/mol. The molecule has 9 atom stereocenters. The minimum Gasteiger partial charge on any atom is -0.455 e. The quantitative estimate of drug-likeness (QED) is 0.172. The summed E-state index contributed by atoms with van der Waals surface area (Å²) in [6.07, 6.45) is 4.28. The van der Waals surface area contributed by atoms with Gasteiger partial charge in [0.05, 0.1) is 17.8 Å². The van der Waals surface area contributed by atoms with Gasteiger partial charge in [-0.3, -0.25) is 14.4 Å². The van der Waals surface area contributed by atoms with E-state index in [-0.39, 0.29) is 24.2 Å². The number of alkyl halides is 1. The molecular formula is C33H52BFN6O6S. The summed E-state index contributed by atoms with van der Waals surface area (Å²) in [7, 11) is 5.48. The summed E-state index contributed by atoms with van der Waals surface area (Å²) < 4.78 is 36.0. The van der Waals surface area contributed by atoms with Crippen molar-refractivity contribution in [1.29, 1.82) is 0 Å². The molecule has 0 aliphatic carbocycles. The van der Waals surface area contributed by atoms with Gasteiger partial charge in [-0.05, 0) is 72.2 Å². The summed E-state index contributed by atoms with van der Waals surface area (Å²) in [5.41, 5.74) is -4.26. The number of carbonyl (C=O) groups excluding carboxylic acids is 3. The SMILES string of the molecule is B[C@@H]1[C@H](C)C(=O)[C@](C)(F)C(=O)O[C@H](CC)[C@@]2(C)OC(=O)N(CCCCn3cc(-c4nccs4)nn3)[C@@H]2[C@@H](C)N(C)C[C@H](C)C[C@@]1(C)OC. The van der Waals surface area contributed by atoms with Gasteiger partial charge in [0, 0.05) is 50.3 Å². The van der Waals surface area contributed by atoms with Crippen LogP contribution in [0.4, 0.5) is 9.18 Å². The van der Waals surface area contributed by atoms with Crippen LogP contribution in [0.15, 0.2) is 17.8 Å². The van der Waals surface area contributed by atoms with Gasteiger partial charge in [-0.2, -0.15) is 0 Å². The number of nitrogens with zero attached hydrogens (tertiary/aromatic N) is 6. The van der Waals surface area contributed by atoms with Crippen molar-refractivity contribution in [3.8, 4) is 10.7 Å². The molecule has 0 bridgehead atoms. The molecular weight excluding hydrogens is 638 g/mol. The van der Waals surface area contributed by atoms with E-state index < -0.39 is 52.8 Å². The Labute approximate surface area is 288 Å². The van der Waals surface area contributed by atoms with Crippen LogP contribution >= 0.6 is 11.3 Å². The van der Waals surface area contributed by atoms with Gasteiger partial charge in [0.25, 0.3) is 5.67 Å². The molecule has 0 aromatic carbocycles. The summed E-state index contributed by atoms with van der Waals surface area (Å²) >= 11 is 1.50. The van der Waals surface area contributed by atoms with Crippen LogP contribution in [-0.4, -0.2) is 118 Å². The molecule has 12 nitrogen and oxygen atoms in total. The van der Waals surface area contributed by atoms with Crippen molar-refractivity contribution in [1.82, 2.24) is 29.8 Å². The van der Waals surface area contributed by atoms with Crippen LogP contribution in [0.5, 0.6) is 0 Å². The number of hydrogen-bond donors (Lipinski definition) is 0. The van der Waals surface area contributed by atoms with Gasteiger partial charge in [0.1, 0.15) is 24.7 Å². The van der Waals surface area contributed by atoms with E-state index >= 15 is 4.39 Å². The van der Waals surface area contributed by atoms with Gasteiger partial charge in [-0.1, -0.05) is 26.0 Å². The molecule has 2 fully saturated rings. The fourth-order valence-electron chi connectivity index (χ4n) is 7.61. The van der Waals surface area contributed by atoms with E-state index in [1.807, 2.05) is 40.3 Å². The first kappa shape index (κ1) is 37.9. The first-order valence-electron chi connectivity index (χ1n) is 17.0. The van der Waals surface area contributed by atoms with Gasteiger partial charge >= 0.3 is 12.1 Å². The number of ether oxygens (including phenoxy) is 3. The van der Waals surface area contributed by atoms with Gasteiger partial charge in [0.2, 0.25) is 0 Å². The van der Waals surface area contributed by atoms with E-state index in [1.54, 1.807) is 43.7 Å². The molecule has 2 saturated heterocycles. The Kier molecular flexibility index (Phi) is 11.8. The number of carbonyl (C=O) groups is 3. The average Bonchev–Trinajstić information content (AvgIpc) is 3.79. The van der Waals surface area contributed by atoms with Gasteiger partial charge in [-0.15, -0.1) is 16.4 Å². The highest BCUT2D eigenvalue weighted by Crippen LogP contribution is 2.42. The molecule has 4 heterocycles. The number of aromatic nitrogens is 4. The number of fused-ring (bicyclic) bond motifs is 1. The summed E-state index contributed by atoms with van der Waals surface area (Å²) in [4.78, 5) is 48.9. The third-order valence-corrected chi connectivity index (χ3v) is 11.7. The first-order chi connectivity index (χ1) is 22.5. The molecule has 48 heavy (non-hydrogen) atoms. The largest absolute Gasteiger partial charge is 0.455 e. The number of aryl methyl sites for hydroxylation is 1. The van der Waals surface area contributed by atoms with Crippen LogP contribution in [0.1, 0.15) is 74.1 Å². The molecule has 2 aromatic heterocycles. The lowest BCUT2D eigenvalue weighted by molar-refractivity contribution is -0.180. The number of hydrogen-bond acceptors (Lipinski definition) is 11. The number of rotatable bonds is 8. The number of esters is 1. The minimum atomic E-state index is -2.90. The number of ketones is 1. The fourth-order valence-corrected chi connectivity index (χ4v) is 8.19. The summed E-state index contributed by atoms with van der Waals surface area (Å²) in [6.45, 7) is 13.9. The Morgan fingerprint density at radius 2 is 1.83 bits per heavy atom. The standard InChI is InChI=1S/C33H52BFN6O6S/c1-10-24-33(7)26(41(30(44)47-33)15-12-11-14-40-19-23(37-38-40)28-36-13-16-48-28)22(4)39(8)18-20(2)17-31(5,45-9)25(34)21(3)27(42)32(6,35)29(43)46-24/h13,16,19-22,24-26H,10-12,14-15,17-18,34H2,1-9H3/t20-,21+,22-,24-,25-,26-,31-,32+,33-/m1/s1. The smallest absolute Gasteiger partial charge is 0.410 e. The highest BCUT2D eigenvalue weighted by atomic mass is 32.1. The number of likely N-dealkylation sites (N-methyl/N-ethyl adjacent to an activating group) is 1. The number of methoxy groups -OCH3 is 1. The Bertz CT molecular complexity index is 1430. The van der Waals surface area contributed by atoms with Crippen molar-refractivity contribution >= 4 is 37.0 Å². The second-order valence-corrected chi connectivity index (χ2v) is 15.2. The summed E-state index contributed by atoms with van der Waals surface area (Å²) in [6, 6.07) is -0.775. The van der Waals surface area contributed by atoms with Crippen LogP contribution in [0, 0.1) is 11.8 Å². The second-order valence-electron chi connectivity index (χ2n) is 14.4. The Hall–Kier alpha value is -2.91. The lowest BCUT2D eigenvalue weighted by atomic mass is 9.62. The van der Waals surface area contributed by atoms with Crippen molar-refractivity contribution in [2.24, 2.45) is 11.8 Å². The molecule has 0 N–H and O–H groups in total. The van der Waals surface area contributed by atoms with Crippen molar-refractivity contribution in [2.75, 3.05) is 27.2 Å². The van der Waals surface area contributed by atoms with Crippen molar-refractivity contribution < 1.29 is 33.0 Å². The Morgan fingerprint density at radius 3 is 2.46 bits per heavy atom. The maximum Gasteiger partial charge on any atom is 0.410 e. The number of cyclic esters (lactones) is 1. The molecule has 4 rings (SSSR count). The van der Waals surface area contributed by atoms with Crippen LogP contribution in [0.3, 0.4) is 0 Å². The van der Waals surface area contributed by atoms with Crippen LogP contribution in [0.25, 0.3) is 10.7 Å². The Balaban J connectivity index is 1.62. The Morgan fingerprint density at radius 1 is 1.15 bits per heavy atom. The first-order valence-corrected chi connectivity index (χ1v) is 17.9. The fraction of sp³-hybridized carbons (Fsp3) is 0.758. The van der Waals surface area contributed by atoms with Gasteiger partial charge in [0.15, 0.2) is 11.4 Å². The minimum absolute atomic E-state index is 0.114. The van der Waals surface area contributed by atoms with E-state index in [0.717, 1.165) is 18.4 Å². The number of Topliss-reactive ketones (excluding diaryl/α,β-unsaturated/α-hetero) is 1. The molecule has 0 unspecified atom stereocenters. The van der Waals surface area contributed by atoms with Crippen LogP contribution in [-0.2, 0) is 30.3 Å². The number of unbranched alkanes of at least 4 members (excludes halogenated alkanes) is 1. The van der Waals surface area contributed by atoms with Gasteiger partial charge < -0.3 is 19.1 Å². The predicted octanol–water partition coefficient (Wildman–Crippen LogP) is 4.20. The molecule has 2 aliphatic heterocycles. The summed E-state index contributed by atoms with van der Waals surface area (Å²) in [5.74, 6) is -3.24. The van der Waals surface area contributed by atoms with Crippen LogP contribution in [0.2, 0.25) is 5.82 Å². The third kappa shape index (κ3) is 7.47. The van der Waals surface area contributed by atoms with Gasteiger partial charge in [-0.25, -0.2) is 19.0 Å². The third-order valence-electron chi connectivity index (χ3n) is 10.9. The van der Waals surface area contributed by atoms with Crippen LogP contribution < -0.4 is 0 Å². The molecule has 2 aliphatic rings. The lowest BCUT2D eigenvalue weighted by Crippen LogP contribution is -2.61. The molecule has 0 radical (unpaired) electrons. The molecule has 266 valence electrons. The van der Waals surface area contributed by atoms with E-state index in [1.165, 1.54) is 11.3 Å². The molecule has 1 amide bonds.